The standard InChI is InChI=1S/C35H49N3O9/c1-24(13-15-39)46-18-4-6-32(40)27-10-9-25-20-26-11-12-28(22-30(26)31(29(25)21-27)23-47-35(36)43)38-34(42)8-3-7-33(41)37-14-19-45-17-5-16-44-2/h9-12,21-22,24,31,39H,3-8,13-20,23H2,1-2H3,(H2,36,43)(H,37,41)(H,38,42)/i/hD. The molecule has 0 heterocycles. The molecule has 0 fully saturated rings. The number of hydrogen-bond acceptors (Lipinski definition) is 9. The van der Waals surface area contributed by atoms with Crippen molar-refractivity contribution in [1.29, 1.82) is 0 Å². The lowest BCUT2D eigenvalue weighted by atomic mass is 9.77. The highest BCUT2D eigenvalue weighted by molar-refractivity contribution is 5.96. The minimum atomic E-state index is -0.894. The fraction of sp³-hybridized carbons (Fsp3) is 0.543. The van der Waals surface area contributed by atoms with E-state index in [-0.39, 0.29) is 49.8 Å². The third kappa shape index (κ3) is 13.1. The lowest BCUT2D eigenvalue weighted by Gasteiger charge is -2.29. The molecule has 47 heavy (non-hydrogen) atoms. The second kappa shape index (κ2) is 20.4. The Hall–Kier alpha value is -3.84. The number of nitrogens with two attached hydrogens (primary N) is 1. The van der Waals surface area contributed by atoms with Crippen LogP contribution in [-0.2, 0) is 35.0 Å². The summed E-state index contributed by atoms with van der Waals surface area (Å²) in [7, 11) is 1.63. The molecule has 258 valence electrons. The molecule has 12 heteroatoms. The third-order valence-corrected chi connectivity index (χ3v) is 7.91. The van der Waals surface area contributed by atoms with Crippen LogP contribution in [-0.4, -0.2) is 88.2 Å². The summed E-state index contributed by atoms with van der Waals surface area (Å²) in [5.41, 5.74) is 6.51. The summed E-state index contributed by atoms with van der Waals surface area (Å²) < 4.78 is 28.5. The van der Waals surface area contributed by atoms with Gasteiger partial charge in [0.05, 0.1) is 12.7 Å². The van der Waals surface area contributed by atoms with E-state index in [1.54, 1.807) is 12.8 Å². The molecule has 2 unspecified atom stereocenters. The summed E-state index contributed by atoms with van der Waals surface area (Å²) in [4.78, 5) is 49.8. The van der Waals surface area contributed by atoms with Crippen LogP contribution in [0.4, 0.5) is 10.5 Å². The molecule has 1 aliphatic rings. The van der Waals surface area contributed by atoms with Gasteiger partial charge in [0.1, 0.15) is 6.61 Å². The number of benzene rings is 2. The molecule has 1 aliphatic carbocycles. The number of fused-ring (bicyclic) bond motifs is 2. The Morgan fingerprint density at radius 1 is 0.957 bits per heavy atom. The molecular formula is C35H49N3O9. The molecule has 3 rings (SSSR count). The highest BCUT2D eigenvalue weighted by Gasteiger charge is 2.28. The van der Waals surface area contributed by atoms with Crippen LogP contribution in [0.3, 0.4) is 0 Å². The van der Waals surface area contributed by atoms with Crippen molar-refractivity contribution < 1.29 is 44.6 Å². The van der Waals surface area contributed by atoms with Crippen LogP contribution < -0.4 is 16.4 Å². The van der Waals surface area contributed by atoms with Crippen molar-refractivity contribution in [3.8, 4) is 0 Å². The highest BCUT2D eigenvalue weighted by atomic mass is 16.5. The lowest BCUT2D eigenvalue weighted by Crippen LogP contribution is -2.27. The topological polar surface area (TPSA) is 176 Å². The number of nitrogens with one attached hydrogen (secondary N) is 2. The molecule has 12 nitrogen and oxygen atoms in total. The predicted octanol–water partition coefficient (Wildman–Crippen LogP) is 3.85. The van der Waals surface area contributed by atoms with E-state index in [2.05, 4.69) is 10.6 Å². The van der Waals surface area contributed by atoms with E-state index in [0.717, 1.165) is 28.7 Å². The van der Waals surface area contributed by atoms with Crippen LogP contribution in [0.25, 0.3) is 0 Å². The van der Waals surface area contributed by atoms with Gasteiger partial charge in [-0.15, -0.1) is 0 Å². The third-order valence-electron chi connectivity index (χ3n) is 7.91. The maximum absolute atomic E-state index is 13.1. The first-order valence-electron chi connectivity index (χ1n) is 16.7. The number of methoxy groups -OCH3 is 1. The quantitative estimate of drug-likeness (QED) is 0.108. The van der Waals surface area contributed by atoms with E-state index in [9.17, 15) is 19.2 Å². The molecule has 0 aromatic heterocycles. The van der Waals surface area contributed by atoms with Gasteiger partial charge >= 0.3 is 6.09 Å². The molecule has 0 aliphatic heterocycles. The summed E-state index contributed by atoms with van der Waals surface area (Å²) in [6.45, 7) is 4.29. The summed E-state index contributed by atoms with van der Waals surface area (Å²) in [5, 5.41) is 14.7. The first-order valence-corrected chi connectivity index (χ1v) is 16.2. The summed E-state index contributed by atoms with van der Waals surface area (Å²) >= 11 is 0. The molecule has 0 saturated heterocycles. The van der Waals surface area contributed by atoms with Crippen LogP contribution in [0.15, 0.2) is 36.4 Å². The average molecular weight is 657 g/mol. The van der Waals surface area contributed by atoms with E-state index >= 15 is 0 Å². The minimum Gasteiger partial charge on any atom is -0.449 e. The second-order valence-corrected chi connectivity index (χ2v) is 11.6. The van der Waals surface area contributed by atoms with Crippen molar-refractivity contribution in [1.82, 2.24) is 5.32 Å². The molecule has 2 aromatic carbocycles. The fourth-order valence-electron chi connectivity index (χ4n) is 5.44. The second-order valence-electron chi connectivity index (χ2n) is 11.6. The molecule has 2 atom stereocenters. The maximum Gasteiger partial charge on any atom is 0.404 e. The number of aliphatic hydroxyl groups is 1. The van der Waals surface area contributed by atoms with Crippen molar-refractivity contribution in [2.75, 3.05) is 58.6 Å². The molecule has 5 N–H and O–H groups in total. The van der Waals surface area contributed by atoms with E-state index in [4.69, 9.17) is 25.5 Å². The van der Waals surface area contributed by atoms with E-state index < -0.39 is 12.0 Å². The highest BCUT2D eigenvalue weighted by Crippen LogP contribution is 2.39. The molecular weight excluding hydrogens is 606 g/mol. The van der Waals surface area contributed by atoms with E-state index in [1.807, 2.05) is 43.3 Å². The van der Waals surface area contributed by atoms with Crippen molar-refractivity contribution >= 4 is 29.4 Å². The van der Waals surface area contributed by atoms with Gasteiger partial charge in [0, 0.05) is 76.5 Å². The van der Waals surface area contributed by atoms with Gasteiger partial charge < -0.3 is 40.4 Å². The van der Waals surface area contributed by atoms with Crippen molar-refractivity contribution in [2.24, 2.45) is 5.73 Å². The number of carbonyl (C=O) groups excluding carboxylic acids is 4. The van der Waals surface area contributed by atoms with Crippen LogP contribution >= 0.6 is 0 Å². The molecule has 0 spiro atoms. The number of rotatable bonds is 22. The van der Waals surface area contributed by atoms with Crippen LogP contribution in [0.2, 0.25) is 1.41 Å². The van der Waals surface area contributed by atoms with Crippen LogP contribution in [0.5, 0.6) is 0 Å². The first-order chi connectivity index (χ1) is 23.2. The van der Waals surface area contributed by atoms with Gasteiger partial charge in [-0.05, 0) is 79.5 Å². The summed E-state index contributed by atoms with van der Waals surface area (Å²) in [5.74, 6) is -0.842. The van der Waals surface area contributed by atoms with Gasteiger partial charge in [0.25, 0.3) is 0 Å². The normalized spacial score (nSPS) is 14.3. The Balaban J connectivity index is 1.60. The Morgan fingerprint density at radius 2 is 1.72 bits per heavy atom. The largest absolute Gasteiger partial charge is 0.449 e. The molecule has 0 radical (unpaired) electrons. The average Bonchev–Trinajstić information content (AvgIpc) is 3.07. The predicted molar refractivity (Wildman–Crippen MR) is 177 cm³/mol. The van der Waals surface area contributed by atoms with Crippen molar-refractivity contribution in [3.63, 3.8) is 0 Å². The fourth-order valence-corrected chi connectivity index (χ4v) is 5.44. The maximum atomic E-state index is 13.1. The number of aliphatic hydroxyl groups excluding tert-OH is 1. The Labute approximate surface area is 278 Å². The van der Waals surface area contributed by atoms with Gasteiger partial charge in [0.15, 0.2) is 7.20 Å². The smallest absolute Gasteiger partial charge is 0.404 e. The monoisotopic (exact) mass is 656 g/mol. The number of primary amides is 1. The zero-order valence-electron chi connectivity index (χ0n) is 28.4. The minimum absolute atomic E-state index is 0.0356. The number of anilines is 1. The van der Waals surface area contributed by atoms with Gasteiger partial charge in [-0.3, -0.25) is 14.4 Å². The first kappa shape index (κ1) is 36.0. The number of amides is 3. The summed E-state index contributed by atoms with van der Waals surface area (Å²) in [6.07, 6.45) is 2.56. The lowest BCUT2D eigenvalue weighted by molar-refractivity contribution is -0.121. The van der Waals surface area contributed by atoms with Crippen LogP contribution in [0, 0.1) is 0 Å². The number of Topliss-reactive ketones (excluding diaryl/α,β-unsaturated/α-hetero) is 1. The number of carbonyl (C=O) groups is 4. The van der Waals surface area contributed by atoms with E-state index in [1.165, 1.54) is 0 Å². The van der Waals surface area contributed by atoms with Gasteiger partial charge in [-0.25, -0.2) is 4.79 Å². The molecule has 2 aromatic rings. The SMILES string of the molecule is [2H]NC(=O)OCC1c2cc(NC(=O)CCCC(=O)NCCOCCCOC)ccc2Cc2ccc(C(=O)CCCOC(C)CCO)cc21. The number of ketones is 1. The molecule has 0 bridgehead atoms. The van der Waals surface area contributed by atoms with E-state index in [0.29, 0.717) is 76.3 Å². The summed E-state index contributed by atoms with van der Waals surface area (Å²) in [6, 6.07) is 11.2. The van der Waals surface area contributed by atoms with Gasteiger partial charge in [-0.1, -0.05) is 18.2 Å². The molecule has 0 saturated carbocycles. The van der Waals surface area contributed by atoms with Crippen LogP contribution in [0.1, 0.15) is 90.4 Å². The number of hydrogen-bond donors (Lipinski definition) is 4. The van der Waals surface area contributed by atoms with Gasteiger partial charge in [-0.2, -0.15) is 0 Å². The zero-order chi connectivity index (χ0) is 34.7. The number of ether oxygens (including phenoxy) is 4. The van der Waals surface area contributed by atoms with Gasteiger partial charge in [0.2, 0.25) is 11.8 Å². The Bertz CT molecular complexity index is 1360. The molecule has 3 amide bonds. The van der Waals surface area contributed by atoms with Crippen molar-refractivity contribution in [2.45, 2.75) is 70.3 Å². The van der Waals surface area contributed by atoms with Crippen molar-refractivity contribution in [3.05, 3.63) is 64.2 Å². The Morgan fingerprint density at radius 3 is 2.49 bits per heavy atom. The zero-order valence-corrected chi connectivity index (χ0v) is 27.4. The Kier molecular flexibility index (Phi) is 15.6.